The molecule has 0 aromatic heterocycles. The van der Waals surface area contributed by atoms with Crippen molar-refractivity contribution in [3.8, 4) is 6.07 Å². The van der Waals surface area contributed by atoms with E-state index in [1.54, 1.807) is 6.07 Å². The van der Waals surface area contributed by atoms with E-state index in [9.17, 15) is 21.6 Å². The fraction of sp³-hybridized carbons (Fsp3) is 0.500. The zero-order chi connectivity index (χ0) is 16.5. The third-order valence-electron chi connectivity index (χ3n) is 3.84. The Morgan fingerprint density at radius 2 is 1.91 bits per heavy atom. The summed E-state index contributed by atoms with van der Waals surface area (Å²) >= 11 is 0. The third-order valence-corrected chi connectivity index (χ3v) is 5.46. The normalized spacial score (nSPS) is 23.4. The summed E-state index contributed by atoms with van der Waals surface area (Å²) in [6.45, 7) is 2.13. The molecular formula is C14H15F3N2O2S. The Morgan fingerprint density at radius 1 is 1.32 bits per heavy atom. The van der Waals surface area contributed by atoms with E-state index in [1.165, 1.54) is 16.4 Å². The maximum Gasteiger partial charge on any atom is 0.416 e. The molecule has 2 rings (SSSR count). The summed E-state index contributed by atoms with van der Waals surface area (Å²) in [5.74, 6) is -0.651. The van der Waals surface area contributed by atoms with Crippen LogP contribution in [0, 0.1) is 17.2 Å². The van der Waals surface area contributed by atoms with Crippen LogP contribution in [0.15, 0.2) is 24.3 Å². The van der Waals surface area contributed by atoms with Gasteiger partial charge in [0.25, 0.3) is 0 Å². The van der Waals surface area contributed by atoms with Crippen LogP contribution in [0.4, 0.5) is 13.2 Å². The fourth-order valence-corrected chi connectivity index (χ4v) is 4.14. The Bertz CT molecular complexity index is 678. The van der Waals surface area contributed by atoms with Gasteiger partial charge in [0.05, 0.1) is 17.7 Å². The van der Waals surface area contributed by atoms with Gasteiger partial charge in [-0.25, -0.2) is 8.42 Å². The number of sulfonamides is 1. The molecule has 1 aliphatic rings. The van der Waals surface area contributed by atoms with Crippen molar-refractivity contribution in [3.05, 3.63) is 35.4 Å². The van der Waals surface area contributed by atoms with Gasteiger partial charge in [0.2, 0.25) is 10.0 Å². The lowest BCUT2D eigenvalue weighted by Gasteiger charge is -2.26. The Labute approximate surface area is 127 Å². The molecule has 0 aliphatic carbocycles. The number of nitrogens with zero attached hydrogens (tertiary/aromatic N) is 2. The number of benzene rings is 1. The largest absolute Gasteiger partial charge is 0.416 e. The number of hydrogen-bond acceptors (Lipinski definition) is 3. The van der Waals surface area contributed by atoms with Crippen LogP contribution in [0.25, 0.3) is 0 Å². The van der Waals surface area contributed by atoms with E-state index in [-0.39, 0.29) is 12.5 Å². The highest BCUT2D eigenvalue weighted by Gasteiger charge is 2.40. The van der Waals surface area contributed by atoms with Crippen LogP contribution in [0.3, 0.4) is 0 Å². The lowest BCUT2D eigenvalue weighted by Crippen LogP contribution is -2.33. The van der Waals surface area contributed by atoms with Crippen molar-refractivity contribution in [3.63, 3.8) is 0 Å². The van der Waals surface area contributed by atoms with Crippen molar-refractivity contribution in [2.24, 2.45) is 5.92 Å². The molecule has 1 aromatic carbocycles. The molecule has 1 heterocycles. The van der Waals surface area contributed by atoms with Crippen molar-refractivity contribution >= 4 is 10.0 Å². The van der Waals surface area contributed by atoms with E-state index >= 15 is 0 Å². The number of nitriles is 1. The van der Waals surface area contributed by atoms with Gasteiger partial charge >= 0.3 is 6.18 Å². The van der Waals surface area contributed by atoms with Gasteiger partial charge in [0, 0.05) is 6.54 Å². The SMILES string of the molecule is C[C@@H]1CCN(S(=O)(=O)CC#N)[C@@H]1c1ccc(C(F)(F)F)cc1. The molecule has 0 saturated carbocycles. The van der Waals surface area contributed by atoms with Gasteiger partial charge in [-0.2, -0.15) is 22.7 Å². The Morgan fingerprint density at radius 3 is 2.41 bits per heavy atom. The number of halogens is 3. The molecule has 120 valence electrons. The van der Waals surface area contributed by atoms with Gasteiger partial charge in [-0.1, -0.05) is 19.1 Å². The van der Waals surface area contributed by atoms with Crippen LogP contribution in [-0.2, 0) is 16.2 Å². The summed E-state index contributed by atoms with van der Waals surface area (Å²) in [7, 11) is -3.73. The highest BCUT2D eigenvalue weighted by Crippen LogP contribution is 2.40. The second-order valence-electron chi connectivity index (χ2n) is 5.36. The maximum absolute atomic E-state index is 12.6. The van der Waals surface area contributed by atoms with Crippen LogP contribution < -0.4 is 0 Å². The van der Waals surface area contributed by atoms with E-state index in [4.69, 9.17) is 5.26 Å². The summed E-state index contributed by atoms with van der Waals surface area (Å²) in [5, 5.41) is 8.63. The maximum atomic E-state index is 12.6. The lowest BCUT2D eigenvalue weighted by molar-refractivity contribution is -0.137. The number of rotatable bonds is 3. The van der Waals surface area contributed by atoms with Crippen LogP contribution in [0.1, 0.15) is 30.5 Å². The summed E-state index contributed by atoms with van der Waals surface area (Å²) in [6, 6.07) is 5.62. The van der Waals surface area contributed by atoms with E-state index in [0.29, 0.717) is 12.0 Å². The molecule has 0 bridgehead atoms. The minimum atomic E-state index is -4.42. The summed E-state index contributed by atoms with van der Waals surface area (Å²) in [5.41, 5.74) is -0.257. The highest BCUT2D eigenvalue weighted by molar-refractivity contribution is 7.89. The molecular weight excluding hydrogens is 317 g/mol. The van der Waals surface area contributed by atoms with Crippen molar-refractivity contribution < 1.29 is 21.6 Å². The monoisotopic (exact) mass is 332 g/mol. The molecule has 0 unspecified atom stereocenters. The smallest absolute Gasteiger partial charge is 0.211 e. The third kappa shape index (κ3) is 3.25. The van der Waals surface area contributed by atoms with Gasteiger partial charge < -0.3 is 0 Å². The zero-order valence-electron chi connectivity index (χ0n) is 11.8. The second kappa shape index (κ2) is 5.89. The van der Waals surface area contributed by atoms with Crippen molar-refractivity contribution in [1.29, 1.82) is 5.26 Å². The van der Waals surface area contributed by atoms with Crippen LogP contribution in [0.2, 0.25) is 0 Å². The minimum Gasteiger partial charge on any atom is -0.211 e. The molecule has 4 nitrogen and oxygen atoms in total. The predicted molar refractivity (Wildman–Crippen MR) is 74.1 cm³/mol. The van der Waals surface area contributed by atoms with Crippen LogP contribution >= 0.6 is 0 Å². The molecule has 1 aromatic rings. The van der Waals surface area contributed by atoms with E-state index in [0.717, 1.165) is 12.1 Å². The first kappa shape index (κ1) is 16.8. The molecule has 22 heavy (non-hydrogen) atoms. The highest BCUT2D eigenvalue weighted by atomic mass is 32.2. The van der Waals surface area contributed by atoms with Gasteiger partial charge in [-0.05, 0) is 30.0 Å². The first-order chi connectivity index (χ1) is 10.2. The molecule has 0 amide bonds. The average Bonchev–Trinajstić information content (AvgIpc) is 2.80. The fourth-order valence-electron chi connectivity index (χ4n) is 2.75. The molecule has 8 heteroatoms. The molecule has 1 fully saturated rings. The van der Waals surface area contributed by atoms with E-state index in [1.807, 2.05) is 6.92 Å². The molecule has 1 saturated heterocycles. The summed E-state index contributed by atoms with van der Waals surface area (Å²) in [6.07, 6.45) is -3.82. The summed E-state index contributed by atoms with van der Waals surface area (Å²) < 4.78 is 63.2. The Hall–Kier alpha value is -1.59. The lowest BCUT2D eigenvalue weighted by atomic mass is 9.95. The number of hydrogen-bond donors (Lipinski definition) is 0. The van der Waals surface area contributed by atoms with Crippen molar-refractivity contribution in [1.82, 2.24) is 4.31 Å². The zero-order valence-corrected chi connectivity index (χ0v) is 12.7. The molecule has 2 atom stereocenters. The van der Waals surface area contributed by atoms with Gasteiger partial charge in [-0.15, -0.1) is 0 Å². The molecule has 0 N–H and O–H groups in total. The first-order valence-corrected chi connectivity index (χ1v) is 8.31. The van der Waals surface area contributed by atoms with E-state index < -0.39 is 33.6 Å². The van der Waals surface area contributed by atoms with Gasteiger partial charge in [0.1, 0.15) is 0 Å². The van der Waals surface area contributed by atoms with E-state index in [2.05, 4.69) is 0 Å². The molecule has 1 aliphatic heterocycles. The quantitative estimate of drug-likeness (QED) is 0.855. The van der Waals surface area contributed by atoms with Gasteiger partial charge in [-0.3, -0.25) is 0 Å². The van der Waals surface area contributed by atoms with Crippen molar-refractivity contribution in [2.45, 2.75) is 25.6 Å². The minimum absolute atomic E-state index is 0.0230. The Kier molecular flexibility index (Phi) is 4.49. The standard InChI is InChI=1S/C14H15F3N2O2S/c1-10-6-8-19(22(20,21)9-7-18)13(10)11-2-4-12(5-3-11)14(15,16)17/h2-5,10,13H,6,8-9H2,1H3/t10-,13+/m1/s1. The second-order valence-corrected chi connectivity index (χ2v) is 7.28. The molecule has 0 radical (unpaired) electrons. The van der Waals surface area contributed by atoms with Crippen LogP contribution in [0.5, 0.6) is 0 Å². The van der Waals surface area contributed by atoms with Gasteiger partial charge in [0.15, 0.2) is 5.75 Å². The topological polar surface area (TPSA) is 61.2 Å². The number of alkyl halides is 3. The average molecular weight is 332 g/mol. The molecule has 0 spiro atoms. The van der Waals surface area contributed by atoms with Crippen molar-refractivity contribution in [2.75, 3.05) is 12.3 Å². The Balaban J connectivity index is 2.35. The summed E-state index contributed by atoms with van der Waals surface area (Å²) in [4.78, 5) is 0. The van der Waals surface area contributed by atoms with Crippen LogP contribution in [-0.4, -0.2) is 25.0 Å². The predicted octanol–water partition coefficient (Wildman–Crippen LogP) is 2.94. The first-order valence-electron chi connectivity index (χ1n) is 6.70.